The minimum atomic E-state index is -0.887. The molecule has 0 radical (unpaired) electrons. The van der Waals surface area contributed by atoms with Crippen molar-refractivity contribution in [2.24, 2.45) is 0 Å². The highest BCUT2D eigenvalue weighted by molar-refractivity contribution is 6.33. The smallest absolute Gasteiger partial charge is 0.340 e. The van der Waals surface area contributed by atoms with Crippen molar-refractivity contribution < 1.29 is 19.2 Å². The van der Waals surface area contributed by atoms with Gasteiger partial charge in [0.05, 0.1) is 15.5 Å². The summed E-state index contributed by atoms with van der Waals surface area (Å²) in [6, 6.07) is 10.4. The summed E-state index contributed by atoms with van der Waals surface area (Å²) in [5.41, 5.74) is 1.07. The molecule has 0 fully saturated rings. The number of nitro groups is 1. The van der Waals surface area contributed by atoms with Crippen LogP contribution in [0.1, 0.15) is 33.2 Å². The minimum Gasteiger partial charge on any atom is -0.454 e. The Bertz CT molecular complexity index is 786. The number of hydrogen-bond acceptors (Lipinski definition) is 5. The molecule has 2 rings (SSSR count). The van der Waals surface area contributed by atoms with Crippen LogP contribution < -0.4 is 0 Å². The van der Waals surface area contributed by atoms with Crippen LogP contribution in [0.5, 0.6) is 0 Å². The van der Waals surface area contributed by atoms with Gasteiger partial charge in [-0.05, 0) is 18.1 Å². The third-order valence-corrected chi connectivity index (χ3v) is 3.73. The van der Waals surface area contributed by atoms with E-state index >= 15 is 0 Å². The number of Topliss-reactive ketones (excluding diaryl/α,β-unsaturated/α-hetero) is 1. The molecular weight excluding hydrogens is 334 g/mol. The summed E-state index contributed by atoms with van der Waals surface area (Å²) in [7, 11) is 0. The molecule has 0 aliphatic heterocycles. The third kappa shape index (κ3) is 4.17. The van der Waals surface area contributed by atoms with Gasteiger partial charge in [0.25, 0.3) is 5.69 Å². The van der Waals surface area contributed by atoms with E-state index in [0.717, 1.165) is 18.1 Å². The van der Waals surface area contributed by atoms with E-state index in [2.05, 4.69) is 0 Å². The van der Waals surface area contributed by atoms with Gasteiger partial charge in [0, 0.05) is 17.7 Å². The quantitative estimate of drug-likeness (QED) is 0.343. The lowest BCUT2D eigenvalue weighted by Crippen LogP contribution is -2.14. The molecule has 0 bridgehead atoms. The Morgan fingerprint density at radius 3 is 2.42 bits per heavy atom. The number of carbonyl (C=O) groups is 2. The number of nitro benzene ring substituents is 1. The molecule has 0 heterocycles. The molecule has 0 unspecified atom stereocenters. The van der Waals surface area contributed by atoms with Gasteiger partial charge in [0.1, 0.15) is 0 Å². The first-order valence-electron chi connectivity index (χ1n) is 7.15. The third-order valence-electron chi connectivity index (χ3n) is 3.40. The number of ether oxygens (including phenoxy) is 1. The summed E-state index contributed by atoms with van der Waals surface area (Å²) >= 11 is 5.85. The van der Waals surface area contributed by atoms with Crippen LogP contribution in [-0.2, 0) is 11.2 Å². The van der Waals surface area contributed by atoms with Crippen molar-refractivity contribution >= 4 is 29.0 Å². The number of halogens is 1. The summed E-state index contributed by atoms with van der Waals surface area (Å²) in [4.78, 5) is 34.1. The van der Waals surface area contributed by atoms with Crippen LogP contribution in [0.25, 0.3) is 0 Å². The number of aryl methyl sites for hydroxylation is 1. The molecule has 0 aliphatic rings. The largest absolute Gasteiger partial charge is 0.454 e. The number of ketones is 1. The van der Waals surface area contributed by atoms with Crippen LogP contribution in [0.15, 0.2) is 42.5 Å². The lowest BCUT2D eigenvalue weighted by molar-refractivity contribution is -0.384. The van der Waals surface area contributed by atoms with Crippen LogP contribution in [0.2, 0.25) is 5.02 Å². The Morgan fingerprint density at radius 1 is 1.17 bits per heavy atom. The molecule has 2 aromatic carbocycles. The van der Waals surface area contributed by atoms with E-state index in [9.17, 15) is 19.7 Å². The van der Waals surface area contributed by atoms with Gasteiger partial charge in [-0.3, -0.25) is 14.9 Å². The van der Waals surface area contributed by atoms with Crippen LogP contribution in [0, 0.1) is 10.1 Å². The van der Waals surface area contributed by atoms with E-state index in [-0.39, 0.29) is 22.1 Å². The molecule has 7 heteroatoms. The number of rotatable bonds is 6. The van der Waals surface area contributed by atoms with Gasteiger partial charge < -0.3 is 4.74 Å². The zero-order chi connectivity index (χ0) is 17.7. The fourth-order valence-corrected chi connectivity index (χ4v) is 2.20. The average molecular weight is 348 g/mol. The highest BCUT2D eigenvalue weighted by Crippen LogP contribution is 2.22. The fraction of sp³-hybridized carbons (Fsp3) is 0.176. The Morgan fingerprint density at radius 2 is 1.83 bits per heavy atom. The molecule has 6 nitrogen and oxygen atoms in total. The van der Waals surface area contributed by atoms with Crippen molar-refractivity contribution in [1.29, 1.82) is 0 Å². The topological polar surface area (TPSA) is 86.5 Å². The first-order valence-corrected chi connectivity index (χ1v) is 7.53. The molecule has 2 aromatic rings. The lowest BCUT2D eigenvalue weighted by Gasteiger charge is -2.06. The molecule has 0 amide bonds. The summed E-state index contributed by atoms with van der Waals surface area (Å²) in [5, 5.41) is 10.8. The van der Waals surface area contributed by atoms with Crippen molar-refractivity contribution in [2.45, 2.75) is 13.3 Å². The molecule has 0 spiro atoms. The van der Waals surface area contributed by atoms with Crippen molar-refractivity contribution in [3.05, 3.63) is 74.3 Å². The molecule has 0 saturated carbocycles. The van der Waals surface area contributed by atoms with E-state index < -0.39 is 17.5 Å². The van der Waals surface area contributed by atoms with Crippen LogP contribution in [-0.4, -0.2) is 23.3 Å². The van der Waals surface area contributed by atoms with Gasteiger partial charge >= 0.3 is 5.97 Å². The second-order valence-electron chi connectivity index (χ2n) is 4.97. The maximum absolute atomic E-state index is 12.0. The Labute approximate surface area is 143 Å². The molecule has 0 saturated heterocycles. The summed E-state index contributed by atoms with van der Waals surface area (Å²) < 4.78 is 4.92. The van der Waals surface area contributed by atoms with Gasteiger partial charge in [-0.25, -0.2) is 4.79 Å². The normalized spacial score (nSPS) is 10.2. The van der Waals surface area contributed by atoms with Gasteiger partial charge in [-0.15, -0.1) is 0 Å². The average Bonchev–Trinajstić information content (AvgIpc) is 2.59. The predicted octanol–water partition coefficient (Wildman–Crippen LogP) is 3.85. The first-order chi connectivity index (χ1) is 11.4. The molecule has 124 valence electrons. The SMILES string of the molecule is CCc1ccc(C(=O)COC(=O)c2cc([N+](=O)[O-])ccc2Cl)cc1. The van der Waals surface area contributed by atoms with Crippen molar-refractivity contribution in [1.82, 2.24) is 0 Å². The monoisotopic (exact) mass is 347 g/mol. The highest BCUT2D eigenvalue weighted by Gasteiger charge is 2.18. The first kappa shape index (κ1) is 17.6. The standard InChI is InChI=1S/C17H14ClNO5/c1-2-11-3-5-12(6-4-11)16(20)10-24-17(21)14-9-13(19(22)23)7-8-15(14)18/h3-9H,2,10H2,1H3. The summed E-state index contributed by atoms with van der Waals surface area (Å²) in [6.07, 6.45) is 0.856. The van der Waals surface area contributed by atoms with E-state index in [1.807, 2.05) is 19.1 Å². The van der Waals surface area contributed by atoms with Crippen molar-refractivity contribution in [2.75, 3.05) is 6.61 Å². The van der Waals surface area contributed by atoms with Crippen molar-refractivity contribution in [3.63, 3.8) is 0 Å². The fourth-order valence-electron chi connectivity index (χ4n) is 2.00. The number of benzene rings is 2. The van der Waals surface area contributed by atoms with E-state index in [0.29, 0.717) is 5.56 Å². The summed E-state index contributed by atoms with van der Waals surface area (Å²) in [6.45, 7) is 1.53. The Kier molecular flexibility index (Phi) is 5.65. The van der Waals surface area contributed by atoms with E-state index in [1.165, 1.54) is 12.1 Å². The van der Waals surface area contributed by atoms with Crippen LogP contribution in [0.4, 0.5) is 5.69 Å². The number of carbonyl (C=O) groups excluding carboxylic acids is 2. The Hall–Kier alpha value is -2.73. The van der Waals surface area contributed by atoms with Gasteiger partial charge in [-0.2, -0.15) is 0 Å². The molecule has 0 atom stereocenters. The Balaban J connectivity index is 2.05. The molecule has 0 aliphatic carbocycles. The van der Waals surface area contributed by atoms with Crippen LogP contribution in [0.3, 0.4) is 0 Å². The molecular formula is C17H14ClNO5. The van der Waals surface area contributed by atoms with Gasteiger partial charge in [0.2, 0.25) is 0 Å². The zero-order valence-corrected chi connectivity index (χ0v) is 13.6. The van der Waals surface area contributed by atoms with Crippen LogP contribution >= 0.6 is 11.6 Å². The highest BCUT2D eigenvalue weighted by atomic mass is 35.5. The number of hydrogen-bond donors (Lipinski definition) is 0. The van der Waals surface area contributed by atoms with Gasteiger partial charge in [0.15, 0.2) is 12.4 Å². The molecule has 24 heavy (non-hydrogen) atoms. The number of esters is 1. The second-order valence-corrected chi connectivity index (χ2v) is 5.38. The second kappa shape index (κ2) is 7.70. The zero-order valence-electron chi connectivity index (χ0n) is 12.8. The van der Waals surface area contributed by atoms with Crippen molar-refractivity contribution in [3.8, 4) is 0 Å². The minimum absolute atomic E-state index is 0.0188. The number of nitrogens with zero attached hydrogens (tertiary/aromatic N) is 1. The molecule has 0 N–H and O–H groups in total. The van der Waals surface area contributed by atoms with E-state index in [1.54, 1.807) is 12.1 Å². The molecule has 0 aromatic heterocycles. The van der Waals surface area contributed by atoms with E-state index in [4.69, 9.17) is 16.3 Å². The maximum Gasteiger partial charge on any atom is 0.340 e. The number of non-ortho nitro benzene ring substituents is 1. The summed E-state index contributed by atoms with van der Waals surface area (Å²) in [5.74, 6) is -1.25. The van der Waals surface area contributed by atoms with Gasteiger partial charge in [-0.1, -0.05) is 42.8 Å². The lowest BCUT2D eigenvalue weighted by atomic mass is 10.1. The predicted molar refractivity (Wildman–Crippen MR) is 88.5 cm³/mol. The maximum atomic E-state index is 12.0.